The molecule has 0 aromatic carbocycles. The minimum Gasteiger partial charge on any atom is -0.393 e. The van der Waals surface area contributed by atoms with E-state index in [1.54, 1.807) is 11.3 Å². The van der Waals surface area contributed by atoms with Crippen molar-refractivity contribution in [3.63, 3.8) is 0 Å². The van der Waals surface area contributed by atoms with Crippen molar-refractivity contribution in [2.24, 2.45) is 0 Å². The van der Waals surface area contributed by atoms with Crippen molar-refractivity contribution in [1.82, 2.24) is 10.1 Å². The van der Waals surface area contributed by atoms with E-state index in [9.17, 15) is 5.11 Å². The standard InChI is InChI=1S/C13H16N2O2S/c16-10-4-1-3-9(7-10)13-14-12(15-17-13)8-11-5-2-6-18-11/h2,5-6,9-10,16H,1,3-4,7-8H2. The molecule has 0 aliphatic heterocycles. The lowest BCUT2D eigenvalue weighted by Crippen LogP contribution is -2.18. The van der Waals surface area contributed by atoms with Gasteiger partial charge in [0.05, 0.1) is 6.10 Å². The van der Waals surface area contributed by atoms with Crippen molar-refractivity contribution in [1.29, 1.82) is 0 Å². The van der Waals surface area contributed by atoms with Gasteiger partial charge in [-0.15, -0.1) is 11.3 Å². The van der Waals surface area contributed by atoms with E-state index < -0.39 is 0 Å². The lowest BCUT2D eigenvalue weighted by molar-refractivity contribution is 0.111. The highest BCUT2D eigenvalue weighted by Crippen LogP contribution is 2.32. The average molecular weight is 264 g/mol. The van der Waals surface area contributed by atoms with Crippen LogP contribution in [0.5, 0.6) is 0 Å². The van der Waals surface area contributed by atoms with Gasteiger partial charge in [-0.25, -0.2) is 0 Å². The van der Waals surface area contributed by atoms with Gasteiger partial charge >= 0.3 is 0 Å². The highest BCUT2D eigenvalue weighted by molar-refractivity contribution is 7.09. The molecule has 2 atom stereocenters. The predicted molar refractivity (Wildman–Crippen MR) is 68.6 cm³/mol. The highest BCUT2D eigenvalue weighted by atomic mass is 32.1. The van der Waals surface area contributed by atoms with E-state index in [2.05, 4.69) is 16.2 Å². The van der Waals surface area contributed by atoms with Crippen LogP contribution < -0.4 is 0 Å². The highest BCUT2D eigenvalue weighted by Gasteiger charge is 2.26. The first-order chi connectivity index (χ1) is 8.81. The van der Waals surface area contributed by atoms with E-state index in [1.807, 2.05) is 11.4 Å². The van der Waals surface area contributed by atoms with Crippen LogP contribution in [0.15, 0.2) is 22.0 Å². The van der Waals surface area contributed by atoms with Crippen molar-refractivity contribution >= 4 is 11.3 Å². The monoisotopic (exact) mass is 264 g/mol. The number of aliphatic hydroxyl groups is 1. The Kier molecular flexibility index (Phi) is 3.43. The summed E-state index contributed by atoms with van der Waals surface area (Å²) in [7, 11) is 0. The number of nitrogens with zero attached hydrogens (tertiary/aromatic N) is 2. The Morgan fingerprint density at radius 1 is 1.44 bits per heavy atom. The van der Waals surface area contributed by atoms with Gasteiger partial charge in [0.2, 0.25) is 5.89 Å². The van der Waals surface area contributed by atoms with Crippen molar-refractivity contribution in [2.45, 2.75) is 44.1 Å². The van der Waals surface area contributed by atoms with Crippen LogP contribution in [0.25, 0.3) is 0 Å². The summed E-state index contributed by atoms with van der Waals surface area (Å²) in [5.41, 5.74) is 0. The second-order valence-electron chi connectivity index (χ2n) is 4.82. The van der Waals surface area contributed by atoms with Gasteiger partial charge in [0.15, 0.2) is 5.82 Å². The van der Waals surface area contributed by atoms with Gasteiger partial charge in [0.25, 0.3) is 0 Å². The van der Waals surface area contributed by atoms with Gasteiger partial charge in [-0.2, -0.15) is 4.98 Å². The third-order valence-corrected chi connectivity index (χ3v) is 4.27. The van der Waals surface area contributed by atoms with Crippen molar-refractivity contribution in [3.8, 4) is 0 Å². The molecule has 2 heterocycles. The fourth-order valence-electron chi connectivity index (χ4n) is 2.46. The van der Waals surface area contributed by atoms with Crippen molar-refractivity contribution < 1.29 is 9.63 Å². The summed E-state index contributed by atoms with van der Waals surface area (Å²) in [6.45, 7) is 0. The van der Waals surface area contributed by atoms with Crippen LogP contribution in [0.3, 0.4) is 0 Å². The van der Waals surface area contributed by atoms with Crippen molar-refractivity contribution in [2.75, 3.05) is 0 Å². The minimum absolute atomic E-state index is 0.212. The maximum Gasteiger partial charge on any atom is 0.229 e. The van der Waals surface area contributed by atoms with Gasteiger partial charge in [-0.1, -0.05) is 17.6 Å². The zero-order valence-corrected chi connectivity index (χ0v) is 10.9. The number of hydrogen-bond acceptors (Lipinski definition) is 5. The summed E-state index contributed by atoms with van der Waals surface area (Å²) in [6, 6.07) is 4.10. The lowest BCUT2D eigenvalue weighted by Gasteiger charge is -2.22. The molecule has 0 amide bonds. The summed E-state index contributed by atoms with van der Waals surface area (Å²) in [6.07, 6.45) is 4.24. The number of aliphatic hydroxyl groups excluding tert-OH is 1. The van der Waals surface area contributed by atoms with Gasteiger partial charge in [0.1, 0.15) is 0 Å². The Bertz CT molecular complexity index is 495. The molecule has 1 aliphatic carbocycles. The van der Waals surface area contributed by atoms with E-state index in [1.165, 1.54) is 4.88 Å². The van der Waals surface area contributed by atoms with Crippen LogP contribution in [0.4, 0.5) is 0 Å². The molecule has 0 spiro atoms. The lowest BCUT2D eigenvalue weighted by atomic mass is 9.87. The molecular weight excluding hydrogens is 248 g/mol. The fraction of sp³-hybridized carbons (Fsp3) is 0.538. The van der Waals surface area contributed by atoms with E-state index >= 15 is 0 Å². The second-order valence-corrected chi connectivity index (χ2v) is 5.85. The number of aromatic nitrogens is 2. The zero-order valence-electron chi connectivity index (χ0n) is 10.1. The maximum absolute atomic E-state index is 9.67. The molecule has 1 saturated carbocycles. The third kappa shape index (κ3) is 2.62. The number of hydrogen-bond donors (Lipinski definition) is 1. The SMILES string of the molecule is OC1CCCC(c2nc(Cc3cccs3)no2)C1. The number of rotatable bonds is 3. The van der Waals surface area contributed by atoms with Crippen LogP contribution in [0.1, 0.15) is 48.2 Å². The Labute approximate surface area is 110 Å². The molecule has 1 fully saturated rings. The summed E-state index contributed by atoms with van der Waals surface area (Å²) < 4.78 is 5.33. The summed E-state index contributed by atoms with van der Waals surface area (Å²) in [5, 5.41) is 15.7. The van der Waals surface area contributed by atoms with Gasteiger partial charge in [-0.3, -0.25) is 0 Å². The molecule has 18 heavy (non-hydrogen) atoms. The predicted octanol–water partition coefficient (Wildman–Crippen LogP) is 2.74. The first kappa shape index (κ1) is 11.9. The van der Waals surface area contributed by atoms with Crippen LogP contribution in [0, 0.1) is 0 Å². The van der Waals surface area contributed by atoms with E-state index in [0.29, 0.717) is 5.89 Å². The van der Waals surface area contributed by atoms with E-state index in [-0.39, 0.29) is 12.0 Å². The number of thiophene rings is 1. The molecule has 1 aliphatic rings. The van der Waals surface area contributed by atoms with Gasteiger partial charge in [-0.05, 0) is 30.7 Å². The van der Waals surface area contributed by atoms with Gasteiger partial charge in [0, 0.05) is 17.2 Å². The fourth-order valence-corrected chi connectivity index (χ4v) is 3.16. The zero-order chi connectivity index (χ0) is 12.4. The Morgan fingerprint density at radius 2 is 2.39 bits per heavy atom. The molecule has 1 N–H and O–H groups in total. The Balaban J connectivity index is 1.69. The molecule has 2 aromatic heterocycles. The topological polar surface area (TPSA) is 59.2 Å². The first-order valence-electron chi connectivity index (χ1n) is 6.34. The molecule has 0 saturated heterocycles. The Morgan fingerprint density at radius 3 is 3.17 bits per heavy atom. The van der Waals surface area contributed by atoms with Gasteiger partial charge < -0.3 is 9.63 Å². The molecule has 5 heteroatoms. The molecule has 2 unspecified atom stereocenters. The first-order valence-corrected chi connectivity index (χ1v) is 7.22. The quantitative estimate of drug-likeness (QED) is 0.926. The molecule has 3 rings (SSSR count). The summed E-state index contributed by atoms with van der Waals surface area (Å²) in [5.74, 6) is 1.67. The maximum atomic E-state index is 9.67. The largest absolute Gasteiger partial charge is 0.393 e. The summed E-state index contributed by atoms with van der Waals surface area (Å²) >= 11 is 1.70. The molecule has 4 nitrogen and oxygen atoms in total. The van der Waals surface area contributed by atoms with Crippen LogP contribution in [0.2, 0.25) is 0 Å². The summed E-state index contributed by atoms with van der Waals surface area (Å²) in [4.78, 5) is 5.70. The average Bonchev–Trinajstić information content (AvgIpc) is 3.01. The molecular formula is C13H16N2O2S. The smallest absolute Gasteiger partial charge is 0.229 e. The molecule has 96 valence electrons. The van der Waals surface area contributed by atoms with Crippen molar-refractivity contribution in [3.05, 3.63) is 34.1 Å². The molecule has 0 radical (unpaired) electrons. The molecule has 0 bridgehead atoms. The minimum atomic E-state index is -0.212. The van der Waals surface area contributed by atoms with Crippen LogP contribution in [-0.2, 0) is 6.42 Å². The molecule has 2 aromatic rings. The second kappa shape index (κ2) is 5.20. The third-order valence-electron chi connectivity index (χ3n) is 3.39. The van der Waals surface area contributed by atoms with Crippen LogP contribution in [-0.4, -0.2) is 21.4 Å². The van der Waals surface area contributed by atoms with E-state index in [4.69, 9.17) is 4.52 Å². The van der Waals surface area contributed by atoms with Crippen LogP contribution >= 0.6 is 11.3 Å². The van der Waals surface area contributed by atoms with E-state index in [0.717, 1.165) is 37.9 Å². The normalized spacial score (nSPS) is 24.3. The Hall–Kier alpha value is -1.20.